The molecular formula is C42H64O5Si. The third kappa shape index (κ3) is 10.9. The summed E-state index contributed by atoms with van der Waals surface area (Å²) in [7, 11) is -2.79. The van der Waals surface area contributed by atoms with E-state index < -0.39 is 14.1 Å². The molecule has 2 heterocycles. The van der Waals surface area contributed by atoms with Crippen LogP contribution in [0.4, 0.5) is 0 Å². The fourth-order valence-corrected chi connectivity index (χ4v) is 12.4. The molecule has 0 saturated carbocycles. The van der Waals surface area contributed by atoms with Crippen molar-refractivity contribution in [2.75, 3.05) is 0 Å². The summed E-state index contributed by atoms with van der Waals surface area (Å²) in [5, 5.41) is 2.35. The van der Waals surface area contributed by atoms with E-state index in [4.69, 9.17) is 18.6 Å². The quantitative estimate of drug-likeness (QED) is 0.0605. The number of carbonyl (C=O) groups excluding carboxylic acids is 1. The van der Waals surface area contributed by atoms with Crippen molar-refractivity contribution in [3.63, 3.8) is 0 Å². The van der Waals surface area contributed by atoms with Gasteiger partial charge in [-0.25, -0.2) is 0 Å². The monoisotopic (exact) mass is 676 g/mol. The molecule has 5 nitrogen and oxygen atoms in total. The van der Waals surface area contributed by atoms with Crippen LogP contribution in [-0.4, -0.2) is 44.5 Å². The van der Waals surface area contributed by atoms with Gasteiger partial charge in [0.25, 0.3) is 8.32 Å². The van der Waals surface area contributed by atoms with Crippen LogP contribution in [0.25, 0.3) is 0 Å². The summed E-state index contributed by atoms with van der Waals surface area (Å²) in [5.74, 6) is -0.626. The minimum Gasteiger partial charge on any atom is -0.460 e. The zero-order chi connectivity index (χ0) is 34.5. The second kappa shape index (κ2) is 18.7. The molecule has 0 spiro atoms. The van der Waals surface area contributed by atoms with E-state index in [2.05, 4.69) is 101 Å². The maximum atomic E-state index is 12.3. The van der Waals surface area contributed by atoms with Gasteiger partial charge in [0.1, 0.15) is 6.10 Å². The Morgan fingerprint density at radius 1 is 0.812 bits per heavy atom. The van der Waals surface area contributed by atoms with Gasteiger partial charge in [-0.2, -0.15) is 0 Å². The fraction of sp³-hybridized carbons (Fsp3) is 0.643. The molecule has 2 saturated heterocycles. The second-order valence-corrected chi connectivity index (χ2v) is 19.7. The highest BCUT2D eigenvalue weighted by molar-refractivity contribution is 6.99. The molecule has 0 aliphatic carbocycles. The van der Waals surface area contributed by atoms with E-state index in [9.17, 15) is 4.79 Å². The Hall–Kier alpha value is -2.25. The predicted octanol–water partition coefficient (Wildman–Crippen LogP) is 9.80. The van der Waals surface area contributed by atoms with E-state index in [1.807, 2.05) is 13.8 Å². The topological polar surface area (TPSA) is 54.0 Å². The van der Waals surface area contributed by atoms with Crippen LogP contribution in [0.5, 0.6) is 0 Å². The van der Waals surface area contributed by atoms with Crippen molar-refractivity contribution in [3.05, 3.63) is 72.8 Å². The Morgan fingerprint density at radius 3 is 1.90 bits per heavy atom. The van der Waals surface area contributed by atoms with Crippen molar-refractivity contribution >= 4 is 24.7 Å². The lowest BCUT2D eigenvalue weighted by Gasteiger charge is -2.46. The van der Waals surface area contributed by atoms with Gasteiger partial charge in [-0.05, 0) is 67.8 Å². The first-order valence-electron chi connectivity index (χ1n) is 19.0. The number of hydrogen-bond acceptors (Lipinski definition) is 5. The maximum absolute atomic E-state index is 12.3. The van der Waals surface area contributed by atoms with Crippen molar-refractivity contribution in [1.82, 2.24) is 0 Å². The standard InChI is InChI=1S/C42H64O5Si/c1-7-8-9-10-11-12-13-22-29-37-38(46-42(5,6)45-37)30-23-14-15-24-31-39(36-32-33-40(43)44-36)47-48(41(2,3)4,34-25-18-16-19-26-34)35-27-20-17-21-28-35/h14-21,25-28,36-39H,7-13,22-24,29-33H2,1-6H3/b15-14-/t36-,37-,38-,39-/m1/s1. The fourth-order valence-electron chi connectivity index (χ4n) is 7.68. The van der Waals surface area contributed by atoms with Crippen LogP contribution in [-0.2, 0) is 23.4 Å². The van der Waals surface area contributed by atoms with Crippen molar-refractivity contribution in [1.29, 1.82) is 0 Å². The smallest absolute Gasteiger partial charge is 0.306 e. The zero-order valence-electron chi connectivity index (χ0n) is 30.9. The molecule has 0 N–H and O–H groups in total. The van der Waals surface area contributed by atoms with Crippen LogP contribution >= 0.6 is 0 Å². The van der Waals surface area contributed by atoms with Crippen LogP contribution < -0.4 is 10.4 Å². The average molecular weight is 677 g/mol. The lowest BCUT2D eigenvalue weighted by Crippen LogP contribution is -2.68. The van der Waals surface area contributed by atoms with E-state index in [1.165, 1.54) is 61.7 Å². The largest absolute Gasteiger partial charge is 0.460 e. The first kappa shape index (κ1) is 38.5. The molecule has 266 valence electrons. The molecule has 2 aromatic carbocycles. The lowest BCUT2D eigenvalue weighted by molar-refractivity contribution is -0.147. The molecule has 4 atom stereocenters. The molecule has 2 aliphatic heterocycles. The molecule has 6 heteroatoms. The molecule has 0 bridgehead atoms. The lowest BCUT2D eigenvalue weighted by atomic mass is 10.0. The highest BCUT2D eigenvalue weighted by Crippen LogP contribution is 2.39. The summed E-state index contributed by atoms with van der Waals surface area (Å²) in [6.07, 6.45) is 20.9. The van der Waals surface area contributed by atoms with Gasteiger partial charge in [0, 0.05) is 6.42 Å². The van der Waals surface area contributed by atoms with Gasteiger partial charge in [0.15, 0.2) is 5.79 Å². The van der Waals surface area contributed by atoms with Gasteiger partial charge in [-0.3, -0.25) is 4.79 Å². The molecule has 2 fully saturated rings. The summed E-state index contributed by atoms with van der Waals surface area (Å²) >= 11 is 0. The molecule has 48 heavy (non-hydrogen) atoms. The van der Waals surface area contributed by atoms with Crippen LogP contribution in [0.15, 0.2) is 72.8 Å². The van der Waals surface area contributed by atoms with Crippen molar-refractivity contribution in [3.8, 4) is 0 Å². The number of hydrogen-bond donors (Lipinski definition) is 0. The number of unbranched alkanes of at least 4 members (excludes halogenated alkanes) is 7. The van der Waals surface area contributed by atoms with Crippen molar-refractivity contribution in [2.45, 2.75) is 173 Å². The van der Waals surface area contributed by atoms with Gasteiger partial charge >= 0.3 is 5.97 Å². The van der Waals surface area contributed by atoms with E-state index in [1.54, 1.807) is 0 Å². The minimum absolute atomic E-state index is 0.116. The van der Waals surface area contributed by atoms with Crippen LogP contribution in [0.2, 0.25) is 5.04 Å². The number of allylic oxidation sites excluding steroid dienone is 2. The predicted molar refractivity (Wildman–Crippen MR) is 200 cm³/mol. The number of carbonyl (C=O) groups is 1. The molecule has 0 radical (unpaired) electrons. The van der Waals surface area contributed by atoms with Gasteiger partial charge in [-0.1, -0.05) is 152 Å². The normalized spacial score (nSPS) is 22.0. The molecule has 2 aliphatic rings. The first-order chi connectivity index (χ1) is 23.1. The summed E-state index contributed by atoms with van der Waals surface area (Å²) in [4.78, 5) is 12.3. The maximum Gasteiger partial charge on any atom is 0.306 e. The van der Waals surface area contributed by atoms with Gasteiger partial charge in [0.2, 0.25) is 0 Å². The van der Waals surface area contributed by atoms with Crippen LogP contribution in [0.3, 0.4) is 0 Å². The number of esters is 1. The molecule has 2 aromatic rings. The Kier molecular flexibility index (Phi) is 15.0. The number of cyclic esters (lactones) is 1. The van der Waals surface area contributed by atoms with Gasteiger partial charge in [0.05, 0.1) is 18.3 Å². The SMILES string of the molecule is CCCCCCCCCC[C@H]1OC(C)(C)O[C@@H]1CC/C=C\CC[C@@H](O[Si](c1ccccc1)(c1ccccc1)C(C)(C)C)[C@H]1CCC(=O)O1. The van der Waals surface area contributed by atoms with E-state index in [0.29, 0.717) is 12.8 Å². The molecule has 0 aromatic heterocycles. The Bertz CT molecular complexity index is 1200. The van der Waals surface area contributed by atoms with Gasteiger partial charge < -0.3 is 18.6 Å². The van der Waals surface area contributed by atoms with E-state index in [-0.39, 0.29) is 35.4 Å². The summed E-state index contributed by atoms with van der Waals surface area (Å²) in [5.41, 5.74) is 0. The summed E-state index contributed by atoms with van der Waals surface area (Å²) in [6.45, 7) is 13.3. The second-order valence-electron chi connectivity index (χ2n) is 15.5. The van der Waals surface area contributed by atoms with Crippen LogP contribution in [0, 0.1) is 0 Å². The third-order valence-corrected chi connectivity index (χ3v) is 15.2. The molecule has 4 rings (SSSR count). The number of rotatable bonds is 20. The Labute approximate surface area is 293 Å². The average Bonchev–Trinajstić information content (AvgIpc) is 3.63. The molecular weight excluding hydrogens is 613 g/mol. The molecule has 0 unspecified atom stereocenters. The highest BCUT2D eigenvalue weighted by atomic mass is 28.4. The molecule has 0 amide bonds. The number of ether oxygens (including phenoxy) is 3. The number of benzene rings is 2. The highest BCUT2D eigenvalue weighted by Gasteiger charge is 2.52. The zero-order valence-corrected chi connectivity index (χ0v) is 31.9. The van der Waals surface area contributed by atoms with Crippen LogP contribution in [0.1, 0.15) is 138 Å². The Morgan fingerprint density at radius 2 is 1.35 bits per heavy atom. The third-order valence-electron chi connectivity index (χ3n) is 10.1. The minimum atomic E-state index is -2.79. The van der Waals surface area contributed by atoms with Crippen molar-refractivity contribution < 1.29 is 23.4 Å². The summed E-state index contributed by atoms with van der Waals surface area (Å²) < 4.78 is 26.1. The summed E-state index contributed by atoms with van der Waals surface area (Å²) in [6, 6.07) is 21.5. The van der Waals surface area contributed by atoms with E-state index in [0.717, 1.165) is 32.1 Å². The van der Waals surface area contributed by atoms with Gasteiger partial charge in [-0.15, -0.1) is 0 Å². The van der Waals surface area contributed by atoms with Crippen molar-refractivity contribution in [2.24, 2.45) is 0 Å². The Balaban J connectivity index is 1.37. The first-order valence-corrected chi connectivity index (χ1v) is 21.0. The van der Waals surface area contributed by atoms with E-state index >= 15 is 0 Å².